The van der Waals surface area contributed by atoms with E-state index in [2.05, 4.69) is 17.9 Å². The van der Waals surface area contributed by atoms with Crippen LogP contribution in [0.2, 0.25) is 0 Å². The number of aliphatic hydroxyl groups is 1. The van der Waals surface area contributed by atoms with Crippen molar-refractivity contribution in [1.82, 2.24) is 4.90 Å². The molecule has 1 aromatic heterocycles. The van der Waals surface area contributed by atoms with Crippen LogP contribution in [0.25, 0.3) is 0 Å². The van der Waals surface area contributed by atoms with Gasteiger partial charge in [0.2, 0.25) is 0 Å². The molecule has 3 nitrogen and oxygen atoms in total. The fourth-order valence-corrected chi connectivity index (χ4v) is 2.61. The maximum Gasteiger partial charge on any atom is 0.101 e. The van der Waals surface area contributed by atoms with Gasteiger partial charge >= 0.3 is 0 Å². The van der Waals surface area contributed by atoms with Crippen LogP contribution in [0.3, 0.4) is 0 Å². The van der Waals surface area contributed by atoms with Crippen LogP contribution in [-0.2, 0) is 4.74 Å². The zero-order chi connectivity index (χ0) is 10.7. The highest BCUT2D eigenvalue weighted by Gasteiger charge is 2.16. The van der Waals surface area contributed by atoms with Crippen molar-refractivity contribution >= 4 is 11.3 Å². The molecule has 1 unspecified atom stereocenters. The molecule has 1 N–H and O–H groups in total. The standard InChI is InChI=1S/C11H17NO2S/c1-9-2-3-11(15-9)10(13)8-12-4-6-14-7-5-12/h2-3,10,13H,4-8H2,1H3. The molecule has 0 saturated carbocycles. The third kappa shape index (κ3) is 3.01. The summed E-state index contributed by atoms with van der Waals surface area (Å²) in [6, 6.07) is 4.08. The number of hydrogen-bond acceptors (Lipinski definition) is 4. The molecule has 0 bridgehead atoms. The molecular weight excluding hydrogens is 210 g/mol. The van der Waals surface area contributed by atoms with Gasteiger partial charge in [0, 0.05) is 29.4 Å². The van der Waals surface area contributed by atoms with Crippen molar-refractivity contribution in [3.63, 3.8) is 0 Å². The van der Waals surface area contributed by atoms with Crippen LogP contribution in [0, 0.1) is 6.92 Å². The molecule has 84 valence electrons. The quantitative estimate of drug-likeness (QED) is 0.847. The molecule has 1 aliphatic heterocycles. The SMILES string of the molecule is Cc1ccc(C(O)CN2CCOCC2)s1. The normalized spacial score (nSPS) is 20.4. The van der Waals surface area contributed by atoms with E-state index in [1.165, 1.54) is 4.88 Å². The molecular formula is C11H17NO2S. The van der Waals surface area contributed by atoms with Crippen molar-refractivity contribution in [3.05, 3.63) is 21.9 Å². The summed E-state index contributed by atoms with van der Waals surface area (Å²) >= 11 is 1.68. The highest BCUT2D eigenvalue weighted by molar-refractivity contribution is 7.12. The molecule has 1 saturated heterocycles. The molecule has 2 rings (SSSR count). The first-order valence-corrected chi connectivity index (χ1v) is 6.12. The summed E-state index contributed by atoms with van der Waals surface area (Å²) in [5.74, 6) is 0. The maximum atomic E-state index is 10.0. The lowest BCUT2D eigenvalue weighted by Gasteiger charge is -2.28. The first-order chi connectivity index (χ1) is 7.25. The third-order valence-electron chi connectivity index (χ3n) is 2.62. The van der Waals surface area contributed by atoms with Crippen molar-refractivity contribution in [3.8, 4) is 0 Å². The van der Waals surface area contributed by atoms with E-state index in [1.54, 1.807) is 11.3 Å². The maximum absolute atomic E-state index is 10.0. The Hall–Kier alpha value is -0.420. The van der Waals surface area contributed by atoms with Gasteiger partial charge in [-0.25, -0.2) is 0 Å². The molecule has 0 aromatic carbocycles. The second kappa shape index (κ2) is 5.07. The highest BCUT2D eigenvalue weighted by atomic mass is 32.1. The van der Waals surface area contributed by atoms with Crippen molar-refractivity contribution in [2.45, 2.75) is 13.0 Å². The molecule has 15 heavy (non-hydrogen) atoms. The molecule has 0 spiro atoms. The summed E-state index contributed by atoms with van der Waals surface area (Å²) in [4.78, 5) is 4.58. The fourth-order valence-electron chi connectivity index (χ4n) is 1.75. The smallest absolute Gasteiger partial charge is 0.101 e. The molecule has 1 fully saturated rings. The minimum absolute atomic E-state index is 0.346. The van der Waals surface area contributed by atoms with E-state index in [-0.39, 0.29) is 6.10 Å². The van der Waals surface area contributed by atoms with Crippen LogP contribution >= 0.6 is 11.3 Å². The van der Waals surface area contributed by atoms with Gasteiger partial charge in [0.1, 0.15) is 6.10 Å². The summed E-state index contributed by atoms with van der Waals surface area (Å²) in [5, 5.41) is 10.0. The number of morpholine rings is 1. The van der Waals surface area contributed by atoms with E-state index in [0.717, 1.165) is 37.7 Å². The molecule has 0 aliphatic carbocycles. The van der Waals surface area contributed by atoms with Gasteiger partial charge in [0.25, 0.3) is 0 Å². The largest absolute Gasteiger partial charge is 0.386 e. The summed E-state index contributed by atoms with van der Waals surface area (Å²) in [5.41, 5.74) is 0. The summed E-state index contributed by atoms with van der Waals surface area (Å²) < 4.78 is 5.27. The van der Waals surface area contributed by atoms with Crippen molar-refractivity contribution < 1.29 is 9.84 Å². The number of ether oxygens (including phenoxy) is 1. The lowest BCUT2D eigenvalue weighted by atomic mass is 10.2. The molecule has 0 radical (unpaired) electrons. The number of aryl methyl sites for hydroxylation is 1. The first-order valence-electron chi connectivity index (χ1n) is 5.30. The topological polar surface area (TPSA) is 32.7 Å². The summed E-state index contributed by atoms with van der Waals surface area (Å²) in [7, 11) is 0. The van der Waals surface area contributed by atoms with Gasteiger partial charge < -0.3 is 9.84 Å². The zero-order valence-corrected chi connectivity index (χ0v) is 9.80. The van der Waals surface area contributed by atoms with Crippen LogP contribution in [0.1, 0.15) is 15.9 Å². The van der Waals surface area contributed by atoms with E-state index in [4.69, 9.17) is 4.74 Å². The Morgan fingerprint density at radius 3 is 2.80 bits per heavy atom. The lowest BCUT2D eigenvalue weighted by Crippen LogP contribution is -2.38. The van der Waals surface area contributed by atoms with Crippen LogP contribution in [0.5, 0.6) is 0 Å². The number of β-amino-alcohol motifs (C(OH)–C–C–N with tert-alkyl or cyclic N) is 1. The average Bonchev–Trinajstić information content (AvgIpc) is 2.66. The molecule has 1 aromatic rings. The number of hydrogen-bond donors (Lipinski definition) is 1. The Balaban J connectivity index is 1.88. The Labute approximate surface area is 94.3 Å². The van der Waals surface area contributed by atoms with E-state index < -0.39 is 0 Å². The predicted molar refractivity (Wildman–Crippen MR) is 61.3 cm³/mol. The minimum Gasteiger partial charge on any atom is -0.386 e. The Morgan fingerprint density at radius 2 is 2.20 bits per heavy atom. The number of rotatable bonds is 3. The van der Waals surface area contributed by atoms with Crippen LogP contribution < -0.4 is 0 Å². The van der Waals surface area contributed by atoms with Gasteiger partial charge in [-0.05, 0) is 19.1 Å². The zero-order valence-electron chi connectivity index (χ0n) is 8.98. The van der Waals surface area contributed by atoms with Crippen molar-refractivity contribution in [2.75, 3.05) is 32.8 Å². The molecule has 4 heteroatoms. The van der Waals surface area contributed by atoms with Gasteiger partial charge in [0.05, 0.1) is 13.2 Å². The van der Waals surface area contributed by atoms with Gasteiger partial charge in [-0.3, -0.25) is 4.90 Å². The Morgan fingerprint density at radius 1 is 1.47 bits per heavy atom. The summed E-state index contributed by atoms with van der Waals surface area (Å²) in [6.45, 7) is 6.23. The van der Waals surface area contributed by atoms with Crippen LogP contribution in [0.15, 0.2) is 12.1 Å². The number of thiophene rings is 1. The Kier molecular flexibility index (Phi) is 3.75. The third-order valence-corrected chi connectivity index (χ3v) is 3.73. The average molecular weight is 227 g/mol. The second-order valence-electron chi connectivity index (χ2n) is 3.88. The van der Waals surface area contributed by atoms with Gasteiger partial charge in [-0.1, -0.05) is 0 Å². The van der Waals surface area contributed by atoms with Crippen molar-refractivity contribution in [1.29, 1.82) is 0 Å². The predicted octanol–water partition coefficient (Wildman–Crippen LogP) is 1.42. The lowest BCUT2D eigenvalue weighted by molar-refractivity contribution is 0.0150. The van der Waals surface area contributed by atoms with E-state index in [0.29, 0.717) is 0 Å². The number of nitrogens with zero attached hydrogens (tertiary/aromatic N) is 1. The highest BCUT2D eigenvalue weighted by Crippen LogP contribution is 2.23. The van der Waals surface area contributed by atoms with Crippen molar-refractivity contribution in [2.24, 2.45) is 0 Å². The van der Waals surface area contributed by atoms with Crippen LogP contribution in [0.4, 0.5) is 0 Å². The molecule has 0 amide bonds. The van der Waals surface area contributed by atoms with Gasteiger partial charge in [0.15, 0.2) is 0 Å². The Bertz CT molecular complexity index is 307. The first kappa shape index (κ1) is 11.1. The minimum atomic E-state index is -0.346. The van der Waals surface area contributed by atoms with E-state index >= 15 is 0 Å². The number of aliphatic hydroxyl groups excluding tert-OH is 1. The molecule has 1 aliphatic rings. The van der Waals surface area contributed by atoms with E-state index in [9.17, 15) is 5.11 Å². The summed E-state index contributed by atoms with van der Waals surface area (Å²) in [6.07, 6.45) is -0.346. The van der Waals surface area contributed by atoms with Gasteiger partial charge in [-0.2, -0.15) is 0 Å². The van der Waals surface area contributed by atoms with Gasteiger partial charge in [-0.15, -0.1) is 11.3 Å². The van der Waals surface area contributed by atoms with Crippen LogP contribution in [-0.4, -0.2) is 42.9 Å². The molecule has 1 atom stereocenters. The second-order valence-corrected chi connectivity index (χ2v) is 5.20. The monoisotopic (exact) mass is 227 g/mol. The molecule has 2 heterocycles. The fraction of sp³-hybridized carbons (Fsp3) is 0.636. The van der Waals surface area contributed by atoms with E-state index in [1.807, 2.05) is 6.07 Å².